The first-order valence-electron chi connectivity index (χ1n) is 7.70. The molecule has 1 N–H and O–H groups in total. The monoisotopic (exact) mass is 361 g/mol. The Labute approximate surface area is 151 Å². The summed E-state index contributed by atoms with van der Waals surface area (Å²) in [6.45, 7) is 3.43. The number of hydrogen-bond acceptors (Lipinski definition) is 4. The average Bonchev–Trinajstić information content (AvgIpc) is 2.58. The molecule has 0 saturated heterocycles. The van der Waals surface area contributed by atoms with Crippen LogP contribution in [0.4, 0.5) is 5.69 Å². The number of nitrogens with zero attached hydrogens (tertiary/aromatic N) is 2. The summed E-state index contributed by atoms with van der Waals surface area (Å²) >= 11 is 6.06. The van der Waals surface area contributed by atoms with E-state index in [0.717, 1.165) is 5.56 Å². The first-order chi connectivity index (χ1) is 11.9. The predicted octanol–water partition coefficient (Wildman–Crippen LogP) is 3.04. The van der Waals surface area contributed by atoms with Gasteiger partial charge in [0.25, 0.3) is 0 Å². The second kappa shape index (κ2) is 8.48. The van der Waals surface area contributed by atoms with E-state index in [-0.39, 0.29) is 24.9 Å². The third kappa shape index (κ3) is 5.19. The molecule has 132 valence electrons. The average molecular weight is 362 g/mol. The van der Waals surface area contributed by atoms with Crippen LogP contribution in [0.1, 0.15) is 18.2 Å². The van der Waals surface area contributed by atoms with E-state index in [1.807, 2.05) is 13.0 Å². The number of halogens is 1. The van der Waals surface area contributed by atoms with Gasteiger partial charge in [-0.15, -0.1) is 0 Å². The summed E-state index contributed by atoms with van der Waals surface area (Å²) in [5, 5.41) is 3.32. The van der Waals surface area contributed by atoms with Gasteiger partial charge in [-0.3, -0.25) is 14.6 Å². The number of carbonyl (C=O) groups is 2. The van der Waals surface area contributed by atoms with Crippen LogP contribution in [0, 0.1) is 6.92 Å². The van der Waals surface area contributed by atoms with Gasteiger partial charge in [0.2, 0.25) is 11.8 Å². The molecule has 1 aromatic heterocycles. The zero-order valence-corrected chi connectivity index (χ0v) is 15.1. The fraction of sp³-hybridized carbons (Fsp3) is 0.278. The Kier molecular flexibility index (Phi) is 6.36. The van der Waals surface area contributed by atoms with Crippen LogP contribution >= 0.6 is 11.6 Å². The predicted molar refractivity (Wildman–Crippen MR) is 96.7 cm³/mol. The highest BCUT2D eigenvalue weighted by Gasteiger charge is 2.16. The van der Waals surface area contributed by atoms with Crippen LogP contribution < -0.4 is 10.1 Å². The summed E-state index contributed by atoms with van der Waals surface area (Å²) in [7, 11) is 1.50. The van der Waals surface area contributed by atoms with Gasteiger partial charge in [-0.05, 0) is 30.7 Å². The number of hydrogen-bond donors (Lipinski definition) is 1. The van der Waals surface area contributed by atoms with Crippen LogP contribution in [-0.2, 0) is 16.1 Å². The van der Waals surface area contributed by atoms with Gasteiger partial charge in [-0.25, -0.2) is 0 Å². The number of methoxy groups -OCH3 is 1. The quantitative estimate of drug-likeness (QED) is 0.858. The molecule has 0 unspecified atom stereocenters. The molecule has 25 heavy (non-hydrogen) atoms. The van der Waals surface area contributed by atoms with Crippen molar-refractivity contribution in [3.8, 4) is 5.75 Å². The highest BCUT2D eigenvalue weighted by atomic mass is 35.5. The van der Waals surface area contributed by atoms with Crippen molar-refractivity contribution in [2.45, 2.75) is 20.4 Å². The van der Waals surface area contributed by atoms with E-state index in [0.29, 0.717) is 22.2 Å². The minimum absolute atomic E-state index is 0.0866. The molecule has 2 aromatic rings. The number of anilines is 1. The Hall–Kier alpha value is -2.60. The molecular weight excluding hydrogens is 342 g/mol. The molecule has 0 radical (unpaired) electrons. The lowest BCUT2D eigenvalue weighted by molar-refractivity contribution is -0.133. The molecule has 0 aliphatic heterocycles. The van der Waals surface area contributed by atoms with E-state index >= 15 is 0 Å². The highest BCUT2D eigenvalue weighted by Crippen LogP contribution is 2.30. The number of rotatable bonds is 6. The van der Waals surface area contributed by atoms with Crippen molar-refractivity contribution < 1.29 is 14.3 Å². The number of aryl methyl sites for hydroxylation is 1. The van der Waals surface area contributed by atoms with Crippen LogP contribution in [0.5, 0.6) is 5.75 Å². The number of pyridine rings is 1. The number of nitrogens with one attached hydrogen (secondary N) is 1. The fourth-order valence-corrected chi connectivity index (χ4v) is 2.41. The third-order valence-electron chi connectivity index (χ3n) is 3.61. The summed E-state index contributed by atoms with van der Waals surface area (Å²) in [4.78, 5) is 29.8. The van der Waals surface area contributed by atoms with Gasteiger partial charge in [0, 0.05) is 24.2 Å². The molecule has 0 aliphatic rings. The molecule has 1 heterocycles. The first-order valence-corrected chi connectivity index (χ1v) is 8.08. The lowest BCUT2D eigenvalue weighted by Gasteiger charge is -2.20. The van der Waals surface area contributed by atoms with E-state index in [9.17, 15) is 9.59 Å². The van der Waals surface area contributed by atoms with Crippen molar-refractivity contribution in [2.24, 2.45) is 0 Å². The maximum Gasteiger partial charge on any atom is 0.244 e. The molecule has 0 atom stereocenters. The van der Waals surface area contributed by atoms with Gasteiger partial charge < -0.3 is 15.0 Å². The minimum atomic E-state index is -0.328. The SMILES string of the molecule is COc1cc(Cl)c(C)cc1NC(=O)CN(Cc1ccccn1)C(C)=O. The Bertz CT molecular complexity index is 766. The molecule has 6 nitrogen and oxygen atoms in total. The van der Waals surface area contributed by atoms with E-state index in [1.54, 1.807) is 30.5 Å². The normalized spacial score (nSPS) is 10.2. The smallest absolute Gasteiger partial charge is 0.244 e. The van der Waals surface area contributed by atoms with Crippen molar-refractivity contribution in [1.82, 2.24) is 9.88 Å². The van der Waals surface area contributed by atoms with Gasteiger partial charge in [0.1, 0.15) is 12.3 Å². The van der Waals surface area contributed by atoms with Gasteiger partial charge in [-0.2, -0.15) is 0 Å². The van der Waals surface area contributed by atoms with Crippen LogP contribution in [0.15, 0.2) is 36.5 Å². The fourth-order valence-electron chi connectivity index (χ4n) is 2.26. The van der Waals surface area contributed by atoms with E-state index in [1.165, 1.54) is 18.9 Å². The van der Waals surface area contributed by atoms with Crippen molar-refractivity contribution in [1.29, 1.82) is 0 Å². The largest absolute Gasteiger partial charge is 0.495 e. The summed E-state index contributed by atoms with van der Waals surface area (Å²) < 4.78 is 5.24. The van der Waals surface area contributed by atoms with Crippen LogP contribution in [-0.4, -0.2) is 35.4 Å². The van der Waals surface area contributed by atoms with Gasteiger partial charge in [0.05, 0.1) is 25.0 Å². The Morgan fingerprint density at radius 1 is 1.32 bits per heavy atom. The molecule has 0 bridgehead atoms. The third-order valence-corrected chi connectivity index (χ3v) is 4.02. The van der Waals surface area contributed by atoms with Crippen LogP contribution in [0.3, 0.4) is 0 Å². The lowest BCUT2D eigenvalue weighted by Crippen LogP contribution is -2.36. The number of carbonyl (C=O) groups excluding carboxylic acids is 2. The van der Waals surface area contributed by atoms with Crippen LogP contribution in [0.25, 0.3) is 0 Å². The molecule has 0 saturated carbocycles. The number of benzene rings is 1. The molecule has 2 rings (SSSR count). The summed E-state index contributed by atoms with van der Waals surface area (Å²) in [5.41, 5.74) is 2.04. The van der Waals surface area contributed by atoms with Gasteiger partial charge in [-0.1, -0.05) is 17.7 Å². The number of amides is 2. The van der Waals surface area contributed by atoms with E-state index in [2.05, 4.69) is 10.3 Å². The minimum Gasteiger partial charge on any atom is -0.495 e. The van der Waals surface area contributed by atoms with Gasteiger partial charge >= 0.3 is 0 Å². The standard InChI is InChI=1S/C18H20ClN3O3/c1-12-8-16(17(25-3)9-15(12)19)21-18(24)11-22(13(2)23)10-14-6-4-5-7-20-14/h4-9H,10-11H2,1-3H3,(H,21,24). The van der Waals surface area contributed by atoms with Crippen molar-refractivity contribution in [2.75, 3.05) is 19.0 Å². The second-order valence-electron chi connectivity index (χ2n) is 5.55. The van der Waals surface area contributed by atoms with Gasteiger partial charge in [0.15, 0.2) is 0 Å². The molecule has 0 aliphatic carbocycles. The number of aromatic nitrogens is 1. The second-order valence-corrected chi connectivity index (χ2v) is 5.95. The molecule has 0 fully saturated rings. The maximum atomic E-state index is 12.4. The Balaban J connectivity index is 2.09. The Morgan fingerprint density at radius 3 is 2.68 bits per heavy atom. The van der Waals surface area contributed by atoms with Crippen molar-refractivity contribution in [3.05, 3.63) is 52.8 Å². The first kappa shape index (κ1) is 18.7. The summed E-state index contributed by atoms with van der Waals surface area (Å²) in [6.07, 6.45) is 1.65. The topological polar surface area (TPSA) is 71.5 Å². The lowest BCUT2D eigenvalue weighted by atomic mass is 10.2. The molecule has 0 spiro atoms. The maximum absolute atomic E-state index is 12.4. The molecular formula is C18H20ClN3O3. The number of ether oxygens (including phenoxy) is 1. The summed E-state index contributed by atoms with van der Waals surface area (Å²) in [6, 6.07) is 8.81. The van der Waals surface area contributed by atoms with E-state index < -0.39 is 0 Å². The zero-order chi connectivity index (χ0) is 18.4. The molecule has 7 heteroatoms. The van der Waals surface area contributed by atoms with Crippen molar-refractivity contribution >= 4 is 29.1 Å². The Morgan fingerprint density at radius 2 is 2.08 bits per heavy atom. The zero-order valence-electron chi connectivity index (χ0n) is 14.4. The highest BCUT2D eigenvalue weighted by molar-refractivity contribution is 6.31. The molecule has 1 aromatic carbocycles. The van der Waals surface area contributed by atoms with Crippen molar-refractivity contribution in [3.63, 3.8) is 0 Å². The van der Waals surface area contributed by atoms with Crippen LogP contribution in [0.2, 0.25) is 5.02 Å². The van der Waals surface area contributed by atoms with E-state index in [4.69, 9.17) is 16.3 Å². The molecule has 2 amide bonds. The summed E-state index contributed by atoms with van der Waals surface area (Å²) in [5.74, 6) is -0.0748.